The number of barbiturate groups is 1. The first-order valence-electron chi connectivity index (χ1n) is 6.68. The normalized spacial score (nSPS) is 22.6. The summed E-state index contributed by atoms with van der Waals surface area (Å²) in [4.78, 5) is 42.1. The molecule has 20 heavy (non-hydrogen) atoms. The van der Waals surface area contributed by atoms with E-state index in [4.69, 9.17) is 0 Å². The van der Waals surface area contributed by atoms with E-state index in [2.05, 4.69) is 10.3 Å². The first-order chi connectivity index (χ1) is 9.60. The average Bonchev–Trinajstić information content (AvgIpc) is 2.85. The van der Waals surface area contributed by atoms with Crippen molar-refractivity contribution in [1.82, 2.24) is 15.2 Å². The smallest absolute Gasteiger partial charge is 0.277 e. The van der Waals surface area contributed by atoms with E-state index >= 15 is 0 Å². The zero-order valence-corrected chi connectivity index (χ0v) is 11.9. The number of imide groups is 2. The first-order valence-corrected chi connectivity index (χ1v) is 7.56. The van der Waals surface area contributed by atoms with Gasteiger partial charge in [-0.25, -0.2) is 9.78 Å². The summed E-state index contributed by atoms with van der Waals surface area (Å²) in [5.41, 5.74) is -1.02. The van der Waals surface area contributed by atoms with Crippen molar-refractivity contribution in [2.75, 3.05) is 0 Å². The average molecular weight is 293 g/mol. The molecule has 7 heteroatoms. The second-order valence-corrected chi connectivity index (χ2v) is 6.09. The molecule has 1 unspecified atom stereocenters. The van der Waals surface area contributed by atoms with Gasteiger partial charge in [-0.05, 0) is 19.3 Å². The third-order valence-corrected chi connectivity index (χ3v) is 5.02. The molecule has 1 aromatic rings. The lowest BCUT2D eigenvalue weighted by atomic mass is 9.66. The molecule has 1 aliphatic carbocycles. The number of nitrogens with zero attached hydrogens (tertiary/aromatic N) is 2. The molecule has 1 aromatic heterocycles. The van der Waals surface area contributed by atoms with Gasteiger partial charge >= 0.3 is 6.03 Å². The van der Waals surface area contributed by atoms with Gasteiger partial charge < -0.3 is 0 Å². The quantitative estimate of drug-likeness (QED) is 0.862. The minimum atomic E-state index is -1.02. The Morgan fingerprint density at radius 1 is 1.45 bits per heavy atom. The summed E-state index contributed by atoms with van der Waals surface area (Å²) in [6.45, 7) is 1.90. The molecule has 1 spiro atoms. The Bertz CT molecular complexity index is 565. The zero-order chi connectivity index (χ0) is 14.3. The molecule has 0 radical (unpaired) electrons. The van der Waals surface area contributed by atoms with Crippen LogP contribution in [0, 0.1) is 5.41 Å². The summed E-state index contributed by atoms with van der Waals surface area (Å²) in [6, 6.07) is -1.02. The van der Waals surface area contributed by atoms with E-state index in [0.717, 1.165) is 11.4 Å². The Labute approximate surface area is 120 Å². The lowest BCUT2D eigenvalue weighted by Gasteiger charge is -2.46. The summed E-state index contributed by atoms with van der Waals surface area (Å²) in [6.07, 6.45) is 4.12. The van der Waals surface area contributed by atoms with Crippen LogP contribution in [0.5, 0.6) is 0 Å². The van der Waals surface area contributed by atoms with E-state index in [0.29, 0.717) is 19.3 Å². The molecule has 106 valence electrons. The maximum atomic E-state index is 12.7. The molecule has 1 atom stereocenters. The number of carbonyl (C=O) groups excluding carboxylic acids is 3. The molecular formula is C13H15N3O3S. The van der Waals surface area contributed by atoms with Crippen LogP contribution in [0.3, 0.4) is 0 Å². The Morgan fingerprint density at radius 2 is 2.20 bits per heavy atom. The van der Waals surface area contributed by atoms with Gasteiger partial charge in [-0.1, -0.05) is 13.3 Å². The van der Waals surface area contributed by atoms with Crippen molar-refractivity contribution in [3.8, 4) is 0 Å². The molecule has 4 amide bonds. The Balaban J connectivity index is 1.97. The van der Waals surface area contributed by atoms with E-state index in [-0.39, 0.29) is 5.91 Å². The van der Waals surface area contributed by atoms with Gasteiger partial charge in [0.25, 0.3) is 0 Å². The van der Waals surface area contributed by atoms with Gasteiger partial charge in [-0.15, -0.1) is 11.3 Å². The summed E-state index contributed by atoms with van der Waals surface area (Å²) in [5, 5.41) is 4.87. The Hall–Kier alpha value is -1.76. The third kappa shape index (κ3) is 1.69. The van der Waals surface area contributed by atoms with E-state index in [1.165, 1.54) is 16.2 Å². The van der Waals surface area contributed by atoms with Gasteiger partial charge in [0, 0.05) is 11.6 Å². The fourth-order valence-electron chi connectivity index (χ4n) is 2.82. The fourth-order valence-corrected chi connectivity index (χ4v) is 3.63. The van der Waals surface area contributed by atoms with Crippen molar-refractivity contribution >= 4 is 29.2 Å². The van der Waals surface area contributed by atoms with E-state index < -0.39 is 23.4 Å². The summed E-state index contributed by atoms with van der Waals surface area (Å²) >= 11 is 1.41. The van der Waals surface area contributed by atoms with Crippen molar-refractivity contribution < 1.29 is 14.4 Å². The molecule has 1 saturated heterocycles. The van der Waals surface area contributed by atoms with Gasteiger partial charge in [0.05, 0.1) is 6.04 Å². The van der Waals surface area contributed by atoms with Gasteiger partial charge in [0.15, 0.2) is 0 Å². The second kappa shape index (κ2) is 4.66. The number of rotatable bonds is 3. The molecule has 1 saturated carbocycles. The van der Waals surface area contributed by atoms with Crippen molar-refractivity contribution in [2.24, 2.45) is 5.41 Å². The number of carbonyl (C=O) groups is 3. The summed E-state index contributed by atoms with van der Waals surface area (Å²) in [5.74, 6) is -0.802. The van der Waals surface area contributed by atoms with Gasteiger partial charge in [-0.3, -0.25) is 19.8 Å². The van der Waals surface area contributed by atoms with Crippen LogP contribution in [0.25, 0.3) is 0 Å². The number of hydrogen-bond donors (Lipinski definition) is 1. The van der Waals surface area contributed by atoms with E-state index in [1.807, 2.05) is 12.3 Å². The number of nitrogens with one attached hydrogen (secondary N) is 1. The molecule has 1 N–H and O–H groups in total. The summed E-state index contributed by atoms with van der Waals surface area (Å²) < 4.78 is 0. The molecule has 0 bridgehead atoms. The predicted molar refractivity (Wildman–Crippen MR) is 71.8 cm³/mol. The minimum absolute atomic E-state index is 0.362. The van der Waals surface area contributed by atoms with Crippen LogP contribution in [0.4, 0.5) is 4.79 Å². The summed E-state index contributed by atoms with van der Waals surface area (Å²) in [7, 11) is 0. The van der Waals surface area contributed by atoms with E-state index in [9.17, 15) is 14.4 Å². The van der Waals surface area contributed by atoms with Gasteiger partial charge in [-0.2, -0.15) is 0 Å². The van der Waals surface area contributed by atoms with Crippen LogP contribution in [-0.2, 0) is 9.59 Å². The molecule has 2 heterocycles. The minimum Gasteiger partial charge on any atom is -0.277 e. The van der Waals surface area contributed by atoms with Crippen LogP contribution in [0.2, 0.25) is 0 Å². The van der Waals surface area contributed by atoms with Crippen LogP contribution in [0.1, 0.15) is 43.7 Å². The molecule has 3 rings (SSSR count). The van der Waals surface area contributed by atoms with E-state index in [1.54, 1.807) is 6.20 Å². The largest absolute Gasteiger partial charge is 0.331 e. The highest BCUT2D eigenvalue weighted by Crippen LogP contribution is 2.46. The lowest BCUT2D eigenvalue weighted by molar-refractivity contribution is -0.159. The van der Waals surface area contributed by atoms with Gasteiger partial charge in [0.1, 0.15) is 10.4 Å². The topological polar surface area (TPSA) is 79.4 Å². The fraction of sp³-hybridized carbons (Fsp3) is 0.538. The SMILES string of the molecule is CCC(c1nccs1)N1C(=O)NC(=O)C2(CCC2)C1=O. The maximum Gasteiger partial charge on any atom is 0.331 e. The standard InChI is InChI=1S/C13H15N3O3S/c1-2-8(9-14-6-7-20-9)16-11(18)13(4-3-5-13)10(17)15-12(16)19/h6-8H,2-5H2,1H3,(H,15,17,19). The highest BCUT2D eigenvalue weighted by Gasteiger charge is 2.58. The molecule has 2 fully saturated rings. The van der Waals surface area contributed by atoms with Gasteiger partial charge in [0.2, 0.25) is 11.8 Å². The first kappa shape index (κ1) is 13.2. The van der Waals surface area contributed by atoms with Crippen LogP contribution in [0.15, 0.2) is 11.6 Å². The highest BCUT2D eigenvalue weighted by molar-refractivity contribution is 7.09. The molecular weight excluding hydrogens is 278 g/mol. The molecule has 0 aromatic carbocycles. The molecule has 6 nitrogen and oxygen atoms in total. The monoisotopic (exact) mass is 293 g/mol. The Morgan fingerprint density at radius 3 is 2.70 bits per heavy atom. The number of urea groups is 1. The Kier molecular flexibility index (Phi) is 3.08. The van der Waals surface area contributed by atoms with Crippen LogP contribution >= 0.6 is 11.3 Å². The molecule has 2 aliphatic rings. The van der Waals surface area contributed by atoms with Crippen molar-refractivity contribution in [3.63, 3.8) is 0 Å². The number of hydrogen-bond acceptors (Lipinski definition) is 5. The number of thiazole rings is 1. The number of aromatic nitrogens is 1. The molecule has 1 aliphatic heterocycles. The number of amides is 4. The van der Waals surface area contributed by atoms with Crippen LogP contribution < -0.4 is 5.32 Å². The third-order valence-electron chi connectivity index (χ3n) is 4.14. The van der Waals surface area contributed by atoms with Crippen LogP contribution in [-0.4, -0.2) is 27.7 Å². The lowest BCUT2D eigenvalue weighted by Crippen LogP contribution is -2.66. The highest BCUT2D eigenvalue weighted by atomic mass is 32.1. The predicted octanol–water partition coefficient (Wildman–Crippen LogP) is 1.84. The second-order valence-electron chi connectivity index (χ2n) is 5.16. The van der Waals surface area contributed by atoms with Crippen molar-refractivity contribution in [2.45, 2.75) is 38.6 Å². The maximum absolute atomic E-state index is 12.7. The van der Waals surface area contributed by atoms with Crippen molar-refractivity contribution in [1.29, 1.82) is 0 Å². The van der Waals surface area contributed by atoms with Crippen molar-refractivity contribution in [3.05, 3.63) is 16.6 Å². The zero-order valence-electron chi connectivity index (χ0n) is 11.1.